The lowest BCUT2D eigenvalue weighted by molar-refractivity contribution is -0.149. The van der Waals surface area contributed by atoms with E-state index >= 15 is 0 Å². The van der Waals surface area contributed by atoms with E-state index in [9.17, 15) is 14.7 Å². The zero-order chi connectivity index (χ0) is 21.0. The van der Waals surface area contributed by atoms with Gasteiger partial charge in [0, 0.05) is 32.1 Å². The number of hydrogen-bond acceptors (Lipinski definition) is 4. The van der Waals surface area contributed by atoms with Crippen LogP contribution in [0.15, 0.2) is 54.7 Å². The summed E-state index contributed by atoms with van der Waals surface area (Å²) >= 11 is 0. The van der Waals surface area contributed by atoms with Crippen LogP contribution in [0.2, 0.25) is 0 Å². The molecule has 2 aromatic rings. The molecular weight excluding hydrogens is 366 g/mol. The molecule has 3 rings (SSSR count). The highest BCUT2D eigenvalue weighted by molar-refractivity contribution is 5.92. The highest BCUT2D eigenvalue weighted by Crippen LogP contribution is 2.41. The topological polar surface area (TPSA) is 73.7 Å². The molecule has 1 fully saturated rings. The Labute approximate surface area is 172 Å². The number of likely N-dealkylation sites (tertiary alicyclic amines) is 1. The molecule has 0 spiro atoms. The maximum atomic E-state index is 13.1. The quantitative estimate of drug-likeness (QED) is 0.782. The molecule has 1 N–H and O–H groups in total. The normalized spacial score (nSPS) is 21.0. The van der Waals surface area contributed by atoms with Gasteiger partial charge in [0.25, 0.3) is 5.91 Å². The predicted molar refractivity (Wildman–Crippen MR) is 111 cm³/mol. The Morgan fingerprint density at radius 1 is 1.10 bits per heavy atom. The largest absolute Gasteiger partial charge is 0.394 e. The standard InChI is InChI=1S/C23H29N3O3/c1-16(2)13-25(23(29)19-11-7-8-12-24-19)14-20-22(18-9-5-4-6-10-18)21(15-27)26(20)17(3)28/h4-12,16,20-22,27H,13-15H2,1-3H3/t20-,21+,22+/m0/s1. The van der Waals surface area contributed by atoms with Gasteiger partial charge in [0.05, 0.1) is 18.7 Å². The Bertz CT molecular complexity index is 826. The van der Waals surface area contributed by atoms with Crippen LogP contribution >= 0.6 is 0 Å². The second-order valence-electron chi connectivity index (χ2n) is 8.00. The zero-order valence-electron chi connectivity index (χ0n) is 17.2. The van der Waals surface area contributed by atoms with E-state index in [1.807, 2.05) is 30.3 Å². The third-order valence-corrected chi connectivity index (χ3v) is 5.44. The molecule has 0 unspecified atom stereocenters. The van der Waals surface area contributed by atoms with Gasteiger partial charge >= 0.3 is 0 Å². The second-order valence-corrected chi connectivity index (χ2v) is 8.00. The van der Waals surface area contributed by atoms with Crippen molar-refractivity contribution < 1.29 is 14.7 Å². The molecular formula is C23H29N3O3. The van der Waals surface area contributed by atoms with Crippen molar-refractivity contribution in [2.75, 3.05) is 19.7 Å². The van der Waals surface area contributed by atoms with Crippen LogP contribution in [0, 0.1) is 5.92 Å². The van der Waals surface area contributed by atoms with E-state index in [1.54, 1.807) is 34.2 Å². The van der Waals surface area contributed by atoms with Gasteiger partial charge in [-0.1, -0.05) is 50.2 Å². The van der Waals surface area contributed by atoms with E-state index in [0.717, 1.165) is 5.56 Å². The van der Waals surface area contributed by atoms with Crippen LogP contribution in [0.5, 0.6) is 0 Å². The number of nitrogens with zero attached hydrogens (tertiary/aromatic N) is 3. The molecule has 2 heterocycles. The van der Waals surface area contributed by atoms with Crippen LogP contribution in [0.25, 0.3) is 0 Å². The van der Waals surface area contributed by atoms with Crippen molar-refractivity contribution in [3.63, 3.8) is 0 Å². The Kier molecular flexibility index (Phi) is 6.64. The molecule has 6 nitrogen and oxygen atoms in total. The first-order chi connectivity index (χ1) is 13.9. The SMILES string of the molecule is CC(=O)N1[C@H](CO)[C@H](c2ccccc2)[C@@H]1CN(CC(C)C)C(=O)c1ccccn1. The number of pyridine rings is 1. The second kappa shape index (κ2) is 9.18. The lowest BCUT2D eigenvalue weighted by Gasteiger charge is -2.55. The van der Waals surface area contributed by atoms with Crippen LogP contribution in [0.3, 0.4) is 0 Å². The molecule has 1 aliphatic rings. The first kappa shape index (κ1) is 21.0. The van der Waals surface area contributed by atoms with Crippen molar-refractivity contribution in [3.05, 3.63) is 66.0 Å². The van der Waals surface area contributed by atoms with Crippen molar-refractivity contribution in [2.24, 2.45) is 5.92 Å². The zero-order valence-corrected chi connectivity index (χ0v) is 17.2. The smallest absolute Gasteiger partial charge is 0.272 e. The van der Waals surface area contributed by atoms with Crippen LogP contribution < -0.4 is 0 Å². The average Bonchev–Trinajstić information content (AvgIpc) is 2.70. The number of aliphatic hydroxyl groups is 1. The maximum absolute atomic E-state index is 13.1. The van der Waals surface area contributed by atoms with Gasteiger partial charge in [-0.05, 0) is 23.6 Å². The van der Waals surface area contributed by atoms with E-state index in [4.69, 9.17) is 0 Å². The molecule has 2 amide bonds. The average molecular weight is 396 g/mol. The molecule has 1 saturated heterocycles. The van der Waals surface area contributed by atoms with Gasteiger partial charge in [0.1, 0.15) is 5.69 Å². The Hall–Kier alpha value is -2.73. The van der Waals surface area contributed by atoms with Crippen LogP contribution in [0.4, 0.5) is 0 Å². The minimum atomic E-state index is -0.272. The predicted octanol–water partition coefficient (Wildman–Crippen LogP) is 2.56. The van der Waals surface area contributed by atoms with E-state index in [-0.39, 0.29) is 42.3 Å². The van der Waals surface area contributed by atoms with Crippen LogP contribution in [0.1, 0.15) is 42.7 Å². The Balaban J connectivity index is 1.90. The summed E-state index contributed by atoms with van der Waals surface area (Å²) in [5.41, 5.74) is 1.47. The molecule has 1 aliphatic heterocycles. The number of carbonyl (C=O) groups excluding carboxylic acids is 2. The van der Waals surface area contributed by atoms with E-state index in [0.29, 0.717) is 18.8 Å². The van der Waals surface area contributed by atoms with Crippen molar-refractivity contribution in [3.8, 4) is 0 Å². The third-order valence-electron chi connectivity index (χ3n) is 5.44. The van der Waals surface area contributed by atoms with Gasteiger partial charge in [0.2, 0.25) is 5.91 Å². The minimum Gasteiger partial charge on any atom is -0.394 e. The number of aliphatic hydroxyl groups excluding tert-OH is 1. The highest BCUT2D eigenvalue weighted by Gasteiger charge is 2.50. The van der Waals surface area contributed by atoms with Gasteiger partial charge in [0.15, 0.2) is 0 Å². The fraction of sp³-hybridized carbons (Fsp3) is 0.435. The van der Waals surface area contributed by atoms with Gasteiger partial charge in [-0.15, -0.1) is 0 Å². The summed E-state index contributed by atoms with van der Waals surface area (Å²) in [5.74, 6) is 0.0340. The molecule has 0 radical (unpaired) electrons. The summed E-state index contributed by atoms with van der Waals surface area (Å²) in [5, 5.41) is 9.94. The number of benzene rings is 1. The molecule has 0 saturated carbocycles. The number of aromatic nitrogens is 1. The summed E-state index contributed by atoms with van der Waals surface area (Å²) in [7, 11) is 0. The molecule has 1 aromatic carbocycles. The van der Waals surface area contributed by atoms with Crippen LogP contribution in [-0.2, 0) is 4.79 Å². The fourth-order valence-corrected chi connectivity index (χ4v) is 4.29. The van der Waals surface area contributed by atoms with Crippen molar-refractivity contribution in [1.29, 1.82) is 0 Å². The number of amides is 2. The maximum Gasteiger partial charge on any atom is 0.272 e. The minimum absolute atomic E-state index is 0.0173. The summed E-state index contributed by atoms with van der Waals surface area (Å²) < 4.78 is 0. The van der Waals surface area contributed by atoms with E-state index in [2.05, 4.69) is 18.8 Å². The fourth-order valence-electron chi connectivity index (χ4n) is 4.29. The molecule has 0 aliphatic carbocycles. The number of rotatable bonds is 7. The van der Waals surface area contributed by atoms with E-state index < -0.39 is 0 Å². The molecule has 0 bridgehead atoms. The lowest BCUT2D eigenvalue weighted by Crippen LogP contribution is -2.68. The summed E-state index contributed by atoms with van der Waals surface area (Å²) in [6.07, 6.45) is 1.61. The molecule has 1 aromatic heterocycles. The van der Waals surface area contributed by atoms with E-state index in [1.165, 1.54) is 6.92 Å². The highest BCUT2D eigenvalue weighted by atomic mass is 16.3. The summed E-state index contributed by atoms with van der Waals surface area (Å²) in [6.45, 7) is 6.52. The van der Waals surface area contributed by atoms with Crippen molar-refractivity contribution >= 4 is 11.8 Å². The molecule has 29 heavy (non-hydrogen) atoms. The summed E-state index contributed by atoms with van der Waals surface area (Å²) in [6, 6.07) is 14.7. The Morgan fingerprint density at radius 3 is 2.34 bits per heavy atom. The van der Waals surface area contributed by atoms with Crippen molar-refractivity contribution in [1.82, 2.24) is 14.8 Å². The Morgan fingerprint density at radius 2 is 1.79 bits per heavy atom. The summed E-state index contributed by atoms with van der Waals surface area (Å²) in [4.78, 5) is 33.2. The van der Waals surface area contributed by atoms with Gasteiger partial charge in [-0.25, -0.2) is 0 Å². The number of carbonyl (C=O) groups is 2. The number of hydrogen-bond donors (Lipinski definition) is 1. The first-order valence-electron chi connectivity index (χ1n) is 10.1. The van der Waals surface area contributed by atoms with Crippen LogP contribution in [-0.4, -0.2) is 63.5 Å². The molecule has 6 heteroatoms. The monoisotopic (exact) mass is 395 g/mol. The third kappa shape index (κ3) is 4.48. The van der Waals surface area contributed by atoms with Gasteiger partial charge in [-0.2, -0.15) is 0 Å². The first-order valence-corrected chi connectivity index (χ1v) is 10.1. The van der Waals surface area contributed by atoms with Gasteiger partial charge in [-0.3, -0.25) is 14.6 Å². The molecule has 154 valence electrons. The van der Waals surface area contributed by atoms with Gasteiger partial charge < -0.3 is 14.9 Å². The van der Waals surface area contributed by atoms with Crippen molar-refractivity contribution in [2.45, 2.75) is 38.8 Å². The lowest BCUT2D eigenvalue weighted by atomic mass is 9.74. The molecule has 3 atom stereocenters.